The van der Waals surface area contributed by atoms with Crippen LogP contribution in [0.3, 0.4) is 0 Å². The first-order valence-electron chi connectivity index (χ1n) is 8.18. The summed E-state index contributed by atoms with van der Waals surface area (Å²) in [6, 6.07) is 3.99. The van der Waals surface area contributed by atoms with E-state index in [-0.39, 0.29) is 24.1 Å². The topological polar surface area (TPSA) is 84.5 Å². The Labute approximate surface area is 147 Å². The van der Waals surface area contributed by atoms with Gasteiger partial charge in [-0.2, -0.15) is 0 Å². The molecule has 6 nitrogen and oxygen atoms in total. The van der Waals surface area contributed by atoms with Crippen molar-refractivity contribution in [1.82, 2.24) is 10.6 Å². The van der Waals surface area contributed by atoms with Crippen LogP contribution in [0.1, 0.15) is 32.8 Å². The summed E-state index contributed by atoms with van der Waals surface area (Å²) in [5.41, 5.74) is 0.688. The molecule has 0 aliphatic rings. The van der Waals surface area contributed by atoms with Gasteiger partial charge in [0.1, 0.15) is 17.9 Å². The molecule has 7 heteroatoms. The number of esters is 1. The molecule has 138 valence electrons. The van der Waals surface area contributed by atoms with E-state index in [9.17, 15) is 18.8 Å². The minimum Gasteiger partial charge on any atom is -0.467 e. The fourth-order valence-corrected chi connectivity index (χ4v) is 2.36. The van der Waals surface area contributed by atoms with E-state index in [2.05, 4.69) is 10.6 Å². The van der Waals surface area contributed by atoms with Crippen molar-refractivity contribution in [3.8, 4) is 0 Å². The third kappa shape index (κ3) is 6.52. The van der Waals surface area contributed by atoms with E-state index in [1.165, 1.54) is 26.2 Å². The molecule has 0 bridgehead atoms. The Hall–Kier alpha value is -2.44. The van der Waals surface area contributed by atoms with Gasteiger partial charge in [-0.1, -0.05) is 32.4 Å². The number of rotatable bonds is 8. The third-order valence-electron chi connectivity index (χ3n) is 4.01. The van der Waals surface area contributed by atoms with Gasteiger partial charge in [0.25, 0.3) is 0 Å². The standard InChI is InChI=1S/C18H25FN2O4/c1-5-11(2)16(18(24)25-4)21-17(23)15(20-12(3)22)10-13-6-8-14(19)9-7-13/h6-9,11,15-16H,5,10H2,1-4H3,(H,20,22)(H,21,23)/t11-,15+,16+/m0/s1. The Balaban J connectivity index is 2.92. The van der Waals surface area contributed by atoms with E-state index in [1.807, 2.05) is 13.8 Å². The van der Waals surface area contributed by atoms with Crippen molar-refractivity contribution in [3.05, 3.63) is 35.6 Å². The average Bonchev–Trinajstić information content (AvgIpc) is 2.59. The molecular formula is C18H25FN2O4. The Bertz CT molecular complexity index is 604. The molecule has 0 saturated heterocycles. The van der Waals surface area contributed by atoms with Gasteiger partial charge < -0.3 is 15.4 Å². The molecule has 0 heterocycles. The number of nitrogens with one attached hydrogen (secondary N) is 2. The maximum atomic E-state index is 13.0. The van der Waals surface area contributed by atoms with Crippen LogP contribution in [-0.4, -0.2) is 37.0 Å². The molecular weight excluding hydrogens is 327 g/mol. The summed E-state index contributed by atoms with van der Waals surface area (Å²) in [7, 11) is 1.26. The van der Waals surface area contributed by atoms with E-state index in [0.717, 1.165) is 0 Å². The van der Waals surface area contributed by atoms with Crippen LogP contribution in [0.25, 0.3) is 0 Å². The lowest BCUT2D eigenvalue weighted by molar-refractivity contribution is -0.146. The van der Waals surface area contributed by atoms with E-state index >= 15 is 0 Å². The lowest BCUT2D eigenvalue weighted by Gasteiger charge is -2.25. The van der Waals surface area contributed by atoms with Crippen molar-refractivity contribution >= 4 is 17.8 Å². The first kappa shape index (κ1) is 20.6. The highest BCUT2D eigenvalue weighted by Crippen LogP contribution is 2.11. The highest BCUT2D eigenvalue weighted by molar-refractivity contribution is 5.90. The monoisotopic (exact) mass is 352 g/mol. The normalized spacial score (nSPS) is 14.1. The van der Waals surface area contributed by atoms with Gasteiger partial charge in [-0.25, -0.2) is 9.18 Å². The predicted octanol–water partition coefficient (Wildman–Crippen LogP) is 1.58. The molecule has 0 aliphatic carbocycles. The molecule has 0 unspecified atom stereocenters. The largest absolute Gasteiger partial charge is 0.467 e. The molecule has 25 heavy (non-hydrogen) atoms. The molecule has 1 aromatic carbocycles. The fourth-order valence-electron chi connectivity index (χ4n) is 2.36. The van der Waals surface area contributed by atoms with Crippen LogP contribution in [0.5, 0.6) is 0 Å². The van der Waals surface area contributed by atoms with Gasteiger partial charge in [0.05, 0.1) is 7.11 Å². The number of carbonyl (C=O) groups is 3. The second-order valence-electron chi connectivity index (χ2n) is 5.98. The second-order valence-corrected chi connectivity index (χ2v) is 5.98. The Morgan fingerprint density at radius 2 is 1.76 bits per heavy atom. The zero-order valence-electron chi connectivity index (χ0n) is 15.0. The van der Waals surface area contributed by atoms with Crippen LogP contribution in [-0.2, 0) is 25.5 Å². The van der Waals surface area contributed by atoms with E-state index in [1.54, 1.807) is 12.1 Å². The molecule has 0 aliphatic heterocycles. The second kappa shape index (κ2) is 9.76. The van der Waals surface area contributed by atoms with Gasteiger partial charge in [0.15, 0.2) is 0 Å². The zero-order valence-corrected chi connectivity index (χ0v) is 15.0. The van der Waals surface area contributed by atoms with Gasteiger partial charge in [-0.3, -0.25) is 9.59 Å². The van der Waals surface area contributed by atoms with Gasteiger partial charge in [-0.05, 0) is 23.6 Å². The maximum absolute atomic E-state index is 13.0. The number of hydrogen-bond donors (Lipinski definition) is 2. The quantitative estimate of drug-likeness (QED) is 0.696. The smallest absolute Gasteiger partial charge is 0.328 e. The SMILES string of the molecule is CC[C@H](C)[C@@H](NC(=O)[C@@H](Cc1ccc(F)cc1)NC(C)=O)C(=O)OC. The highest BCUT2D eigenvalue weighted by Gasteiger charge is 2.30. The molecule has 0 fully saturated rings. The first-order valence-corrected chi connectivity index (χ1v) is 8.18. The molecule has 1 rings (SSSR count). The summed E-state index contributed by atoms with van der Waals surface area (Å²) < 4.78 is 17.8. The molecule has 1 aromatic rings. The van der Waals surface area contributed by atoms with Gasteiger partial charge in [0.2, 0.25) is 11.8 Å². The van der Waals surface area contributed by atoms with Crippen LogP contribution in [0.2, 0.25) is 0 Å². The van der Waals surface area contributed by atoms with Gasteiger partial charge in [-0.15, -0.1) is 0 Å². The lowest BCUT2D eigenvalue weighted by Crippen LogP contribution is -2.54. The molecule has 0 saturated carbocycles. The number of methoxy groups -OCH3 is 1. The fraction of sp³-hybridized carbons (Fsp3) is 0.500. The number of halogens is 1. The number of ether oxygens (including phenoxy) is 1. The van der Waals surface area contributed by atoms with Crippen LogP contribution in [0.4, 0.5) is 4.39 Å². The van der Waals surface area contributed by atoms with Crippen LogP contribution in [0, 0.1) is 11.7 Å². The summed E-state index contributed by atoms with van der Waals surface area (Å²) >= 11 is 0. The van der Waals surface area contributed by atoms with Crippen LogP contribution >= 0.6 is 0 Å². The minimum atomic E-state index is -0.876. The number of amides is 2. The van der Waals surface area contributed by atoms with Crippen molar-refractivity contribution in [2.24, 2.45) is 5.92 Å². The Morgan fingerprint density at radius 3 is 2.24 bits per heavy atom. The summed E-state index contributed by atoms with van der Waals surface area (Å²) in [6.07, 6.45) is 0.850. The average molecular weight is 352 g/mol. The summed E-state index contributed by atoms with van der Waals surface area (Å²) in [5.74, 6) is -1.91. The lowest BCUT2D eigenvalue weighted by atomic mass is 9.98. The van der Waals surface area contributed by atoms with Crippen LogP contribution < -0.4 is 10.6 Å². The van der Waals surface area contributed by atoms with Crippen LogP contribution in [0.15, 0.2) is 24.3 Å². The Kier molecular flexibility index (Phi) is 8.04. The molecule has 0 spiro atoms. The van der Waals surface area contributed by atoms with Crippen molar-refractivity contribution in [3.63, 3.8) is 0 Å². The van der Waals surface area contributed by atoms with E-state index in [0.29, 0.717) is 12.0 Å². The van der Waals surface area contributed by atoms with Crippen molar-refractivity contribution < 1.29 is 23.5 Å². The molecule has 0 aromatic heterocycles. The van der Waals surface area contributed by atoms with Gasteiger partial charge in [0, 0.05) is 13.3 Å². The highest BCUT2D eigenvalue weighted by atomic mass is 19.1. The van der Waals surface area contributed by atoms with Gasteiger partial charge >= 0.3 is 5.97 Å². The first-order chi connectivity index (χ1) is 11.8. The Morgan fingerprint density at radius 1 is 1.16 bits per heavy atom. The van der Waals surface area contributed by atoms with E-state index in [4.69, 9.17) is 4.74 Å². The maximum Gasteiger partial charge on any atom is 0.328 e. The van der Waals surface area contributed by atoms with Crippen molar-refractivity contribution in [2.45, 2.75) is 45.7 Å². The summed E-state index contributed by atoms with van der Waals surface area (Å²) in [4.78, 5) is 35.9. The van der Waals surface area contributed by atoms with Crippen molar-refractivity contribution in [2.75, 3.05) is 7.11 Å². The molecule has 3 atom stereocenters. The van der Waals surface area contributed by atoms with E-state index < -0.39 is 24.0 Å². The number of carbonyl (C=O) groups excluding carboxylic acids is 3. The third-order valence-corrected chi connectivity index (χ3v) is 4.01. The summed E-state index contributed by atoms with van der Waals surface area (Å²) in [5, 5.41) is 5.22. The molecule has 2 N–H and O–H groups in total. The predicted molar refractivity (Wildman–Crippen MR) is 91.1 cm³/mol. The molecule has 0 radical (unpaired) electrons. The van der Waals surface area contributed by atoms with Crippen molar-refractivity contribution in [1.29, 1.82) is 0 Å². The minimum absolute atomic E-state index is 0.125. The summed E-state index contributed by atoms with van der Waals surface area (Å²) in [6.45, 7) is 5.03. The number of benzene rings is 1. The molecule has 2 amide bonds. The number of hydrogen-bond acceptors (Lipinski definition) is 4. The zero-order chi connectivity index (χ0) is 19.0.